The second-order valence-electron chi connectivity index (χ2n) is 7.06. The summed E-state index contributed by atoms with van der Waals surface area (Å²) in [5, 5.41) is 14.6. The number of carboxylic acids is 1. The summed E-state index contributed by atoms with van der Waals surface area (Å²) in [6.07, 6.45) is 0.845. The predicted octanol–water partition coefficient (Wildman–Crippen LogP) is 5.49. The summed E-state index contributed by atoms with van der Waals surface area (Å²) in [6, 6.07) is 15.4. The summed E-state index contributed by atoms with van der Waals surface area (Å²) >= 11 is 12.2. The molecule has 1 heterocycles. The largest absolute Gasteiger partial charge is 0.478 e. The van der Waals surface area contributed by atoms with Gasteiger partial charge in [-0.25, -0.2) is 4.79 Å². The van der Waals surface area contributed by atoms with Gasteiger partial charge in [0.1, 0.15) is 0 Å². The maximum absolute atomic E-state index is 11.9. The predicted molar refractivity (Wildman–Crippen MR) is 118 cm³/mol. The molecule has 0 bridgehead atoms. The lowest BCUT2D eigenvalue weighted by Crippen LogP contribution is -2.18. The SMILES string of the molecule is Cc1c(CNCCc2ccc(Cl)cc2)c(C(=O)O)c(C)n1Cc1ccccc1Cl. The molecule has 0 saturated carbocycles. The van der Waals surface area contributed by atoms with E-state index in [-0.39, 0.29) is 0 Å². The van der Waals surface area contributed by atoms with Gasteiger partial charge in [-0.2, -0.15) is 0 Å². The first-order valence-electron chi connectivity index (χ1n) is 9.49. The topological polar surface area (TPSA) is 54.3 Å². The standard InChI is InChI=1S/C23H24Cl2N2O2/c1-15-20(13-26-12-11-17-7-9-19(24)10-8-17)22(23(28)29)16(2)27(15)14-18-5-3-4-6-21(18)25/h3-10,26H,11-14H2,1-2H3,(H,28,29). The fraction of sp³-hybridized carbons (Fsp3) is 0.261. The van der Waals surface area contributed by atoms with E-state index in [9.17, 15) is 9.90 Å². The van der Waals surface area contributed by atoms with Crippen molar-refractivity contribution in [3.63, 3.8) is 0 Å². The molecule has 29 heavy (non-hydrogen) atoms. The number of nitrogens with one attached hydrogen (secondary N) is 1. The number of aromatic nitrogens is 1. The van der Waals surface area contributed by atoms with Crippen LogP contribution in [0.15, 0.2) is 48.5 Å². The van der Waals surface area contributed by atoms with Crippen molar-refractivity contribution in [3.05, 3.63) is 92.2 Å². The van der Waals surface area contributed by atoms with Gasteiger partial charge in [-0.15, -0.1) is 0 Å². The van der Waals surface area contributed by atoms with Crippen LogP contribution < -0.4 is 5.32 Å². The minimum atomic E-state index is -0.905. The molecule has 0 unspecified atom stereocenters. The Morgan fingerprint density at radius 3 is 2.38 bits per heavy atom. The van der Waals surface area contributed by atoms with E-state index in [2.05, 4.69) is 5.32 Å². The third-order valence-corrected chi connectivity index (χ3v) is 5.84. The number of aromatic carboxylic acids is 1. The maximum Gasteiger partial charge on any atom is 0.337 e. The molecule has 0 radical (unpaired) electrons. The Morgan fingerprint density at radius 1 is 1.03 bits per heavy atom. The smallest absolute Gasteiger partial charge is 0.337 e. The van der Waals surface area contributed by atoms with Crippen molar-refractivity contribution >= 4 is 29.2 Å². The summed E-state index contributed by atoms with van der Waals surface area (Å²) in [5.74, 6) is -0.905. The van der Waals surface area contributed by atoms with Gasteiger partial charge < -0.3 is 15.0 Å². The summed E-state index contributed by atoms with van der Waals surface area (Å²) in [6.45, 7) is 5.60. The van der Waals surface area contributed by atoms with Crippen LogP contribution in [-0.4, -0.2) is 22.2 Å². The van der Waals surface area contributed by atoms with Crippen LogP contribution in [-0.2, 0) is 19.5 Å². The normalized spacial score (nSPS) is 11.0. The number of rotatable bonds is 8. The molecule has 0 fully saturated rings. The third-order valence-electron chi connectivity index (χ3n) is 5.22. The zero-order chi connectivity index (χ0) is 21.0. The Bertz CT molecular complexity index is 1010. The van der Waals surface area contributed by atoms with E-state index >= 15 is 0 Å². The molecule has 2 N–H and O–H groups in total. The van der Waals surface area contributed by atoms with Gasteiger partial charge in [-0.05, 0) is 56.1 Å². The summed E-state index contributed by atoms with van der Waals surface area (Å²) in [4.78, 5) is 11.9. The van der Waals surface area contributed by atoms with Crippen LogP contribution in [0.3, 0.4) is 0 Å². The molecule has 0 amide bonds. The second-order valence-corrected chi connectivity index (χ2v) is 7.90. The van der Waals surface area contributed by atoms with E-state index in [1.807, 2.05) is 66.9 Å². The van der Waals surface area contributed by atoms with Gasteiger partial charge in [-0.3, -0.25) is 0 Å². The van der Waals surface area contributed by atoms with Gasteiger partial charge >= 0.3 is 5.97 Å². The lowest BCUT2D eigenvalue weighted by molar-refractivity contribution is 0.0694. The molecular formula is C23H24Cl2N2O2. The number of carboxylic acid groups (broad SMARTS) is 1. The molecule has 0 aliphatic heterocycles. The molecule has 4 nitrogen and oxygen atoms in total. The van der Waals surface area contributed by atoms with Crippen LogP contribution in [0.2, 0.25) is 10.0 Å². The maximum atomic E-state index is 11.9. The van der Waals surface area contributed by atoms with Gasteiger partial charge in [0, 0.05) is 40.1 Å². The molecule has 0 aliphatic carbocycles. The molecule has 6 heteroatoms. The Hall–Kier alpha value is -2.27. The van der Waals surface area contributed by atoms with Gasteiger partial charge in [0.25, 0.3) is 0 Å². The van der Waals surface area contributed by atoms with Crippen LogP contribution in [0.1, 0.15) is 38.4 Å². The average Bonchev–Trinajstić information content (AvgIpc) is 2.92. The van der Waals surface area contributed by atoms with Gasteiger partial charge in [-0.1, -0.05) is 53.5 Å². The van der Waals surface area contributed by atoms with Crippen molar-refractivity contribution in [2.75, 3.05) is 6.54 Å². The van der Waals surface area contributed by atoms with Gasteiger partial charge in [0.15, 0.2) is 0 Å². The zero-order valence-corrected chi connectivity index (χ0v) is 18.0. The Kier molecular flexibility index (Phi) is 7.01. The van der Waals surface area contributed by atoms with Crippen molar-refractivity contribution in [1.82, 2.24) is 9.88 Å². The molecule has 1 aromatic heterocycles. The molecule has 152 valence electrons. The molecule has 3 aromatic rings. The van der Waals surface area contributed by atoms with E-state index in [1.54, 1.807) is 0 Å². The van der Waals surface area contributed by atoms with Crippen LogP contribution in [0, 0.1) is 13.8 Å². The first kappa shape index (κ1) is 21.4. The Morgan fingerprint density at radius 2 is 1.72 bits per heavy atom. The van der Waals surface area contributed by atoms with Gasteiger partial charge in [0.2, 0.25) is 0 Å². The highest BCUT2D eigenvalue weighted by Gasteiger charge is 2.22. The minimum Gasteiger partial charge on any atom is -0.478 e. The summed E-state index contributed by atoms with van der Waals surface area (Å²) in [7, 11) is 0. The molecule has 0 spiro atoms. The quantitative estimate of drug-likeness (QED) is 0.464. The summed E-state index contributed by atoms with van der Waals surface area (Å²) in [5.41, 5.74) is 5.02. The van der Waals surface area contributed by atoms with E-state index in [4.69, 9.17) is 23.2 Å². The Labute approximate surface area is 181 Å². The second kappa shape index (κ2) is 9.49. The monoisotopic (exact) mass is 430 g/mol. The molecule has 2 aromatic carbocycles. The van der Waals surface area contributed by atoms with Gasteiger partial charge in [0.05, 0.1) is 5.56 Å². The van der Waals surface area contributed by atoms with E-state index in [0.717, 1.165) is 40.5 Å². The number of benzene rings is 2. The van der Waals surface area contributed by atoms with Crippen LogP contribution in [0.4, 0.5) is 0 Å². The highest BCUT2D eigenvalue weighted by molar-refractivity contribution is 6.31. The van der Waals surface area contributed by atoms with Crippen molar-refractivity contribution in [2.24, 2.45) is 0 Å². The van der Waals surface area contributed by atoms with Crippen molar-refractivity contribution < 1.29 is 9.90 Å². The average molecular weight is 431 g/mol. The van der Waals surface area contributed by atoms with E-state index in [0.29, 0.717) is 23.7 Å². The molecule has 0 aliphatic rings. The fourth-order valence-electron chi connectivity index (χ4n) is 3.58. The molecule has 0 saturated heterocycles. The number of hydrogen-bond donors (Lipinski definition) is 2. The summed E-state index contributed by atoms with van der Waals surface area (Å²) < 4.78 is 2.03. The zero-order valence-electron chi connectivity index (χ0n) is 16.5. The number of nitrogens with zero attached hydrogens (tertiary/aromatic N) is 1. The van der Waals surface area contributed by atoms with Crippen molar-refractivity contribution in [1.29, 1.82) is 0 Å². The van der Waals surface area contributed by atoms with E-state index < -0.39 is 5.97 Å². The highest BCUT2D eigenvalue weighted by atomic mass is 35.5. The lowest BCUT2D eigenvalue weighted by atomic mass is 10.1. The first-order valence-corrected chi connectivity index (χ1v) is 10.2. The number of carbonyl (C=O) groups is 1. The van der Waals surface area contributed by atoms with E-state index in [1.165, 1.54) is 5.56 Å². The van der Waals surface area contributed by atoms with Crippen LogP contribution in [0.5, 0.6) is 0 Å². The number of halogens is 2. The van der Waals surface area contributed by atoms with Crippen molar-refractivity contribution in [2.45, 2.75) is 33.4 Å². The molecule has 0 atom stereocenters. The first-order chi connectivity index (χ1) is 13.9. The fourth-order valence-corrected chi connectivity index (χ4v) is 3.90. The van der Waals surface area contributed by atoms with Crippen LogP contribution in [0.25, 0.3) is 0 Å². The molecule has 3 rings (SSSR count). The van der Waals surface area contributed by atoms with Crippen LogP contribution >= 0.6 is 23.2 Å². The third kappa shape index (κ3) is 5.02. The highest BCUT2D eigenvalue weighted by Crippen LogP contribution is 2.25. The molecular weight excluding hydrogens is 407 g/mol. The lowest BCUT2D eigenvalue weighted by Gasteiger charge is -2.11. The van der Waals surface area contributed by atoms with Crippen molar-refractivity contribution in [3.8, 4) is 0 Å². The minimum absolute atomic E-state index is 0.369. The Balaban J connectivity index is 1.76. The number of hydrogen-bond acceptors (Lipinski definition) is 2.